The van der Waals surface area contributed by atoms with E-state index in [0.29, 0.717) is 11.8 Å². The highest BCUT2D eigenvalue weighted by molar-refractivity contribution is 9.10. The van der Waals surface area contributed by atoms with Crippen molar-refractivity contribution in [1.29, 1.82) is 0 Å². The predicted molar refractivity (Wildman–Crippen MR) is 85.4 cm³/mol. The molecule has 4 nitrogen and oxygen atoms in total. The summed E-state index contributed by atoms with van der Waals surface area (Å²) in [6.07, 6.45) is 4.82. The monoisotopic (exact) mass is 352 g/mol. The first-order valence-electron chi connectivity index (χ1n) is 7.63. The molecule has 1 aromatic rings. The molecule has 2 aliphatic rings. The molecule has 0 spiro atoms. The second-order valence-corrected chi connectivity index (χ2v) is 6.68. The molecule has 1 saturated carbocycles. The molecule has 1 aromatic carbocycles. The Balaban J connectivity index is 1.39. The number of carbonyl (C=O) groups is 1. The molecule has 5 heteroatoms. The van der Waals surface area contributed by atoms with Crippen LogP contribution in [0, 0.1) is 0 Å². The molecule has 0 atom stereocenters. The Bertz CT molecular complexity index is 497. The molecular formula is C16H21BrN2O2. The number of hydrogen-bond donors (Lipinski definition) is 1. The highest BCUT2D eigenvalue weighted by Gasteiger charge is 2.32. The number of halogens is 1. The lowest BCUT2D eigenvalue weighted by Gasteiger charge is -2.32. The van der Waals surface area contributed by atoms with Crippen LogP contribution in [0.3, 0.4) is 0 Å². The third kappa shape index (κ3) is 4.20. The normalized spacial score (nSPS) is 20.2. The maximum absolute atomic E-state index is 12.0. The minimum atomic E-state index is -0.0318. The molecule has 1 aliphatic carbocycles. The van der Waals surface area contributed by atoms with Crippen molar-refractivity contribution >= 4 is 21.8 Å². The summed E-state index contributed by atoms with van der Waals surface area (Å²) in [4.78, 5) is 14.5. The number of carbonyl (C=O) groups excluding carboxylic acids is 1. The number of hydrogen-bond acceptors (Lipinski definition) is 3. The van der Waals surface area contributed by atoms with E-state index in [0.717, 1.165) is 36.4 Å². The number of piperidine rings is 1. The van der Waals surface area contributed by atoms with Gasteiger partial charge in [-0.05, 0) is 53.7 Å². The first-order valence-corrected chi connectivity index (χ1v) is 8.42. The van der Waals surface area contributed by atoms with Gasteiger partial charge in [0, 0.05) is 25.2 Å². The van der Waals surface area contributed by atoms with Crippen LogP contribution in [0.1, 0.15) is 25.7 Å². The van der Waals surface area contributed by atoms with Crippen molar-refractivity contribution in [3.8, 4) is 5.75 Å². The molecule has 1 N–H and O–H groups in total. The number of rotatable bonds is 5. The first-order chi connectivity index (χ1) is 10.2. The summed E-state index contributed by atoms with van der Waals surface area (Å²) in [7, 11) is 0. The van der Waals surface area contributed by atoms with Crippen LogP contribution < -0.4 is 10.1 Å². The van der Waals surface area contributed by atoms with Crippen molar-refractivity contribution in [3.63, 3.8) is 0 Å². The Labute approximate surface area is 134 Å². The van der Waals surface area contributed by atoms with Gasteiger partial charge in [0.25, 0.3) is 5.91 Å². The summed E-state index contributed by atoms with van der Waals surface area (Å²) in [5.41, 5.74) is 0. The second-order valence-electron chi connectivity index (χ2n) is 5.83. The van der Waals surface area contributed by atoms with Gasteiger partial charge in [-0.15, -0.1) is 0 Å². The van der Waals surface area contributed by atoms with Crippen LogP contribution in [-0.2, 0) is 4.79 Å². The van der Waals surface area contributed by atoms with E-state index >= 15 is 0 Å². The van der Waals surface area contributed by atoms with Crippen LogP contribution in [0.25, 0.3) is 0 Å². The van der Waals surface area contributed by atoms with Crippen LogP contribution in [0.15, 0.2) is 28.7 Å². The zero-order valence-electron chi connectivity index (χ0n) is 12.1. The number of para-hydroxylation sites is 1. The number of benzene rings is 1. The zero-order valence-corrected chi connectivity index (χ0v) is 13.6. The Morgan fingerprint density at radius 2 is 1.95 bits per heavy atom. The number of likely N-dealkylation sites (tertiary alicyclic amines) is 1. The fourth-order valence-electron chi connectivity index (χ4n) is 2.82. The van der Waals surface area contributed by atoms with E-state index in [-0.39, 0.29) is 12.5 Å². The lowest BCUT2D eigenvalue weighted by Crippen LogP contribution is -2.46. The van der Waals surface area contributed by atoms with E-state index in [2.05, 4.69) is 26.1 Å². The molecule has 1 amide bonds. The average molecular weight is 353 g/mol. The summed E-state index contributed by atoms with van der Waals surface area (Å²) < 4.78 is 6.41. The second kappa shape index (κ2) is 6.79. The summed E-state index contributed by atoms with van der Waals surface area (Å²) in [5, 5.41) is 3.08. The quantitative estimate of drug-likeness (QED) is 0.885. The van der Waals surface area contributed by atoms with E-state index in [1.54, 1.807) is 0 Å². The fraction of sp³-hybridized carbons (Fsp3) is 0.562. The SMILES string of the molecule is O=C(COc1ccccc1Br)NC1CCN(C2CC2)CC1. The van der Waals surface area contributed by atoms with Crippen LogP contribution in [0.4, 0.5) is 0 Å². The summed E-state index contributed by atoms with van der Waals surface area (Å²) in [5.74, 6) is 0.673. The fourth-order valence-corrected chi connectivity index (χ4v) is 3.22. The van der Waals surface area contributed by atoms with Crippen LogP contribution >= 0.6 is 15.9 Å². The molecule has 21 heavy (non-hydrogen) atoms. The zero-order chi connectivity index (χ0) is 14.7. The van der Waals surface area contributed by atoms with Crippen molar-refractivity contribution in [3.05, 3.63) is 28.7 Å². The van der Waals surface area contributed by atoms with Gasteiger partial charge in [-0.1, -0.05) is 12.1 Å². The number of nitrogens with zero attached hydrogens (tertiary/aromatic N) is 1. The molecule has 2 fully saturated rings. The van der Waals surface area contributed by atoms with Crippen molar-refractivity contribution in [2.24, 2.45) is 0 Å². The molecule has 3 rings (SSSR count). The Hall–Kier alpha value is -1.07. The Kier molecular flexibility index (Phi) is 4.80. The average Bonchev–Trinajstić information content (AvgIpc) is 3.32. The maximum Gasteiger partial charge on any atom is 0.258 e. The van der Waals surface area contributed by atoms with Gasteiger partial charge in [-0.2, -0.15) is 0 Å². The van der Waals surface area contributed by atoms with E-state index < -0.39 is 0 Å². The summed E-state index contributed by atoms with van der Waals surface area (Å²) in [6, 6.07) is 8.71. The minimum absolute atomic E-state index is 0.0318. The van der Waals surface area contributed by atoms with Gasteiger partial charge < -0.3 is 15.0 Å². The van der Waals surface area contributed by atoms with Crippen molar-refractivity contribution < 1.29 is 9.53 Å². The third-order valence-corrected chi connectivity index (χ3v) is 4.81. The van der Waals surface area contributed by atoms with Crippen molar-refractivity contribution in [2.75, 3.05) is 19.7 Å². The largest absolute Gasteiger partial charge is 0.483 e. The number of nitrogens with one attached hydrogen (secondary N) is 1. The standard InChI is InChI=1S/C16H21BrN2O2/c17-14-3-1-2-4-15(14)21-11-16(20)18-12-7-9-19(10-8-12)13-5-6-13/h1-4,12-13H,5-11H2,(H,18,20). The summed E-state index contributed by atoms with van der Waals surface area (Å²) in [6.45, 7) is 2.30. The van der Waals surface area contributed by atoms with E-state index in [1.807, 2.05) is 24.3 Å². The molecular weight excluding hydrogens is 332 g/mol. The van der Waals surface area contributed by atoms with Gasteiger partial charge in [0.1, 0.15) is 5.75 Å². The molecule has 1 aliphatic heterocycles. The van der Waals surface area contributed by atoms with E-state index in [1.165, 1.54) is 12.8 Å². The number of ether oxygens (including phenoxy) is 1. The van der Waals surface area contributed by atoms with Gasteiger partial charge in [0.2, 0.25) is 0 Å². The molecule has 114 valence electrons. The van der Waals surface area contributed by atoms with Crippen molar-refractivity contribution in [2.45, 2.75) is 37.8 Å². The topological polar surface area (TPSA) is 41.6 Å². The Morgan fingerprint density at radius 3 is 2.62 bits per heavy atom. The van der Waals surface area contributed by atoms with Crippen LogP contribution in [0.2, 0.25) is 0 Å². The predicted octanol–water partition coefficient (Wildman–Crippen LogP) is 2.57. The lowest BCUT2D eigenvalue weighted by molar-refractivity contribution is -0.124. The number of amides is 1. The highest BCUT2D eigenvalue weighted by Crippen LogP contribution is 2.29. The van der Waals surface area contributed by atoms with E-state index in [4.69, 9.17) is 4.74 Å². The highest BCUT2D eigenvalue weighted by atomic mass is 79.9. The molecule has 1 saturated heterocycles. The van der Waals surface area contributed by atoms with Gasteiger partial charge in [-0.3, -0.25) is 4.79 Å². The first kappa shape index (κ1) is 14.9. The summed E-state index contributed by atoms with van der Waals surface area (Å²) >= 11 is 3.41. The van der Waals surface area contributed by atoms with Gasteiger partial charge >= 0.3 is 0 Å². The molecule has 0 aromatic heterocycles. The van der Waals surface area contributed by atoms with Crippen LogP contribution in [0.5, 0.6) is 5.75 Å². The molecule has 0 radical (unpaired) electrons. The maximum atomic E-state index is 12.0. The van der Waals surface area contributed by atoms with Crippen LogP contribution in [-0.4, -0.2) is 42.6 Å². The van der Waals surface area contributed by atoms with E-state index in [9.17, 15) is 4.79 Å². The minimum Gasteiger partial charge on any atom is -0.483 e. The molecule has 0 unspecified atom stereocenters. The van der Waals surface area contributed by atoms with Gasteiger partial charge in [-0.25, -0.2) is 0 Å². The van der Waals surface area contributed by atoms with Gasteiger partial charge in [0.05, 0.1) is 4.47 Å². The Morgan fingerprint density at radius 1 is 1.24 bits per heavy atom. The lowest BCUT2D eigenvalue weighted by atomic mass is 10.0. The van der Waals surface area contributed by atoms with Gasteiger partial charge in [0.15, 0.2) is 6.61 Å². The third-order valence-electron chi connectivity index (χ3n) is 4.15. The van der Waals surface area contributed by atoms with Crippen molar-refractivity contribution in [1.82, 2.24) is 10.2 Å². The smallest absolute Gasteiger partial charge is 0.258 e. The molecule has 1 heterocycles. The molecule has 0 bridgehead atoms.